The zero-order chi connectivity index (χ0) is 20.6. The SMILES string of the molecule is C[C@@H]1C(NC(=O)Nc2cccc3cnccc23)c2ccccc2OC12CCNCC2. The van der Waals surface area contributed by atoms with E-state index in [4.69, 9.17) is 4.74 Å². The lowest BCUT2D eigenvalue weighted by Crippen LogP contribution is -2.57. The highest BCUT2D eigenvalue weighted by Crippen LogP contribution is 2.47. The maximum Gasteiger partial charge on any atom is 0.319 e. The molecule has 2 aliphatic heterocycles. The lowest BCUT2D eigenvalue weighted by molar-refractivity contribution is -0.0413. The fourth-order valence-corrected chi connectivity index (χ4v) is 4.86. The first kappa shape index (κ1) is 18.9. The molecule has 1 spiro atoms. The van der Waals surface area contributed by atoms with Gasteiger partial charge >= 0.3 is 6.03 Å². The average Bonchev–Trinajstić information content (AvgIpc) is 2.78. The van der Waals surface area contributed by atoms with Crippen molar-refractivity contribution in [2.45, 2.75) is 31.4 Å². The lowest BCUT2D eigenvalue weighted by atomic mass is 9.73. The first-order valence-electron chi connectivity index (χ1n) is 10.6. The van der Waals surface area contributed by atoms with E-state index < -0.39 is 0 Å². The maximum absolute atomic E-state index is 13.1. The van der Waals surface area contributed by atoms with Crippen LogP contribution in [0, 0.1) is 5.92 Å². The van der Waals surface area contributed by atoms with Crippen molar-refractivity contribution in [1.29, 1.82) is 0 Å². The number of hydrogen-bond donors (Lipinski definition) is 3. The van der Waals surface area contributed by atoms with Crippen LogP contribution in [-0.4, -0.2) is 29.7 Å². The number of pyridine rings is 1. The standard InChI is InChI=1S/C24H26N4O2/c1-16-22(19-6-2-3-8-21(19)30-24(16)10-13-25-14-11-24)28-23(29)27-20-7-4-5-17-15-26-12-9-18(17)20/h2-9,12,15-16,22,25H,10-11,13-14H2,1H3,(H2,27,28,29)/t16-,22?/m1/s1. The highest BCUT2D eigenvalue weighted by molar-refractivity contribution is 6.01. The summed E-state index contributed by atoms with van der Waals surface area (Å²) in [4.78, 5) is 17.2. The number of urea groups is 1. The third kappa shape index (κ3) is 3.27. The van der Waals surface area contributed by atoms with Crippen molar-refractivity contribution in [2.75, 3.05) is 18.4 Å². The second kappa shape index (κ2) is 7.61. The van der Waals surface area contributed by atoms with Crippen LogP contribution < -0.4 is 20.7 Å². The van der Waals surface area contributed by atoms with Crippen molar-refractivity contribution in [1.82, 2.24) is 15.6 Å². The van der Waals surface area contributed by atoms with Crippen LogP contribution in [0.5, 0.6) is 5.75 Å². The minimum atomic E-state index is -0.261. The van der Waals surface area contributed by atoms with Crippen LogP contribution in [0.1, 0.15) is 31.4 Å². The van der Waals surface area contributed by atoms with Gasteiger partial charge < -0.3 is 20.7 Å². The van der Waals surface area contributed by atoms with Gasteiger partial charge in [0.15, 0.2) is 0 Å². The summed E-state index contributed by atoms with van der Waals surface area (Å²) in [5.74, 6) is 1.02. The molecule has 6 heteroatoms. The number of ether oxygens (including phenoxy) is 1. The zero-order valence-corrected chi connectivity index (χ0v) is 17.0. The Morgan fingerprint density at radius 1 is 1.13 bits per heavy atom. The monoisotopic (exact) mass is 402 g/mol. The number of carbonyl (C=O) groups excluding carboxylic acids is 1. The molecule has 2 atom stereocenters. The van der Waals surface area contributed by atoms with Crippen LogP contribution in [0.4, 0.5) is 10.5 Å². The number of hydrogen-bond acceptors (Lipinski definition) is 4. The van der Waals surface area contributed by atoms with Crippen LogP contribution in [0.15, 0.2) is 60.9 Å². The van der Waals surface area contributed by atoms with Gasteiger partial charge in [0.1, 0.15) is 11.4 Å². The maximum atomic E-state index is 13.1. The number of carbonyl (C=O) groups is 1. The van der Waals surface area contributed by atoms with E-state index in [0.717, 1.165) is 53.7 Å². The Balaban J connectivity index is 1.43. The van der Waals surface area contributed by atoms with Crippen LogP contribution in [0.25, 0.3) is 10.8 Å². The van der Waals surface area contributed by atoms with Gasteiger partial charge in [0, 0.05) is 34.6 Å². The summed E-state index contributed by atoms with van der Waals surface area (Å²) in [7, 11) is 0. The Morgan fingerprint density at radius 2 is 1.97 bits per heavy atom. The fraction of sp³-hybridized carbons (Fsp3) is 0.333. The number of benzene rings is 2. The molecule has 0 saturated carbocycles. The molecule has 0 aliphatic carbocycles. The summed E-state index contributed by atoms with van der Waals surface area (Å²) in [5.41, 5.74) is 1.55. The first-order valence-corrected chi connectivity index (χ1v) is 10.6. The average molecular weight is 402 g/mol. The number of piperidine rings is 1. The van der Waals surface area contributed by atoms with Crippen molar-refractivity contribution >= 4 is 22.5 Å². The minimum absolute atomic E-state index is 0.121. The molecule has 3 aromatic rings. The van der Waals surface area contributed by atoms with Gasteiger partial charge in [-0.1, -0.05) is 37.3 Å². The summed E-state index contributed by atoms with van der Waals surface area (Å²) < 4.78 is 6.54. The van der Waals surface area contributed by atoms with E-state index in [2.05, 4.69) is 27.9 Å². The summed E-state index contributed by atoms with van der Waals surface area (Å²) >= 11 is 0. The van der Waals surface area contributed by atoms with Gasteiger partial charge in [-0.25, -0.2) is 4.79 Å². The Hall–Kier alpha value is -3.12. The smallest absolute Gasteiger partial charge is 0.319 e. The van der Waals surface area contributed by atoms with Crippen molar-refractivity contribution in [3.05, 3.63) is 66.5 Å². The first-order chi connectivity index (χ1) is 14.7. The summed E-state index contributed by atoms with van der Waals surface area (Å²) in [6.07, 6.45) is 5.40. The van der Waals surface area contributed by atoms with Crippen LogP contribution >= 0.6 is 0 Å². The third-order valence-electron chi connectivity index (χ3n) is 6.56. The van der Waals surface area contributed by atoms with Crippen molar-refractivity contribution in [3.63, 3.8) is 0 Å². The Morgan fingerprint density at radius 3 is 2.83 bits per heavy atom. The molecule has 2 amide bonds. The normalized spacial score (nSPS) is 22.2. The predicted octanol–water partition coefficient (Wildman–Crippen LogP) is 4.25. The molecule has 0 radical (unpaired) electrons. The van der Waals surface area contributed by atoms with Gasteiger partial charge in [0.25, 0.3) is 0 Å². The lowest BCUT2D eigenvalue weighted by Gasteiger charge is -2.49. The number of nitrogens with one attached hydrogen (secondary N) is 3. The van der Waals surface area contributed by atoms with Crippen LogP contribution in [0.2, 0.25) is 0 Å². The Labute approximate surface area is 176 Å². The zero-order valence-electron chi connectivity index (χ0n) is 17.0. The second-order valence-corrected chi connectivity index (χ2v) is 8.22. The highest BCUT2D eigenvalue weighted by atomic mass is 16.5. The van der Waals surface area contributed by atoms with Crippen molar-refractivity contribution < 1.29 is 9.53 Å². The molecule has 3 N–H and O–H groups in total. The summed E-state index contributed by atoms with van der Waals surface area (Å²) in [6, 6.07) is 15.5. The molecule has 5 rings (SSSR count). The van der Waals surface area contributed by atoms with E-state index in [1.54, 1.807) is 12.4 Å². The summed E-state index contributed by atoms with van der Waals surface area (Å²) in [5, 5.41) is 11.7. The molecule has 1 unspecified atom stereocenters. The molecule has 1 saturated heterocycles. The van der Waals surface area contributed by atoms with Crippen LogP contribution in [-0.2, 0) is 0 Å². The molecular weight excluding hydrogens is 376 g/mol. The fourth-order valence-electron chi connectivity index (χ4n) is 4.86. The predicted molar refractivity (Wildman–Crippen MR) is 118 cm³/mol. The molecular formula is C24H26N4O2. The number of anilines is 1. The van der Waals surface area contributed by atoms with Gasteiger partial charge in [-0.2, -0.15) is 0 Å². The van der Waals surface area contributed by atoms with Gasteiger partial charge in [-0.15, -0.1) is 0 Å². The molecule has 30 heavy (non-hydrogen) atoms. The van der Waals surface area contributed by atoms with E-state index in [1.807, 2.05) is 48.5 Å². The molecule has 3 heterocycles. The number of para-hydroxylation sites is 1. The molecule has 2 aliphatic rings. The van der Waals surface area contributed by atoms with E-state index in [0.29, 0.717) is 0 Å². The second-order valence-electron chi connectivity index (χ2n) is 8.22. The molecule has 0 bridgehead atoms. The number of fused-ring (bicyclic) bond motifs is 2. The van der Waals surface area contributed by atoms with Crippen LogP contribution in [0.3, 0.4) is 0 Å². The third-order valence-corrected chi connectivity index (χ3v) is 6.56. The number of aromatic nitrogens is 1. The van der Waals surface area contributed by atoms with Crippen molar-refractivity contribution in [2.24, 2.45) is 5.92 Å². The van der Waals surface area contributed by atoms with Crippen molar-refractivity contribution in [3.8, 4) is 5.75 Å². The Bertz CT molecular complexity index is 1070. The molecule has 2 aromatic carbocycles. The van der Waals surface area contributed by atoms with E-state index in [1.165, 1.54) is 0 Å². The van der Waals surface area contributed by atoms with E-state index in [9.17, 15) is 4.79 Å². The molecule has 1 fully saturated rings. The number of nitrogens with zero attached hydrogens (tertiary/aromatic N) is 1. The topological polar surface area (TPSA) is 75.3 Å². The van der Waals surface area contributed by atoms with Gasteiger partial charge in [-0.05, 0) is 44.1 Å². The van der Waals surface area contributed by atoms with Gasteiger partial charge in [0.05, 0.1) is 11.7 Å². The Kier molecular flexibility index (Phi) is 4.79. The number of rotatable bonds is 2. The molecule has 6 nitrogen and oxygen atoms in total. The highest BCUT2D eigenvalue weighted by Gasteiger charge is 2.48. The van der Waals surface area contributed by atoms with E-state index >= 15 is 0 Å². The number of amides is 2. The quantitative estimate of drug-likeness (QED) is 0.599. The van der Waals surface area contributed by atoms with Gasteiger partial charge in [-0.3, -0.25) is 4.98 Å². The van der Waals surface area contributed by atoms with Gasteiger partial charge in [0.2, 0.25) is 0 Å². The summed E-state index contributed by atoms with van der Waals surface area (Å²) in [6.45, 7) is 4.04. The molecule has 154 valence electrons. The molecule has 1 aromatic heterocycles. The largest absolute Gasteiger partial charge is 0.486 e. The van der Waals surface area contributed by atoms with E-state index in [-0.39, 0.29) is 23.6 Å². The minimum Gasteiger partial charge on any atom is -0.486 e.